The second-order valence-electron chi connectivity index (χ2n) is 10.5. The lowest BCUT2D eigenvalue weighted by Gasteiger charge is -2.43. The SMILES string of the molecule is N#Cc1ccc(CN2CCC(C3(C(=O)Nc4cccc(Cc5ccccc5)c4)C=CC(C(N)=O)=CN3)CC2)cc1. The largest absolute Gasteiger partial charge is 0.373 e. The zero-order chi connectivity index (χ0) is 28.0. The summed E-state index contributed by atoms with van der Waals surface area (Å²) in [5.41, 5.74) is 9.69. The lowest BCUT2D eigenvalue weighted by molar-refractivity contribution is -0.123. The second-order valence-corrected chi connectivity index (χ2v) is 10.5. The van der Waals surface area contributed by atoms with Crippen molar-refractivity contribution in [1.29, 1.82) is 5.26 Å². The molecule has 3 aromatic rings. The van der Waals surface area contributed by atoms with E-state index in [-0.39, 0.29) is 11.8 Å². The van der Waals surface area contributed by atoms with Crippen LogP contribution in [0.5, 0.6) is 0 Å². The lowest BCUT2D eigenvalue weighted by atomic mass is 9.75. The Hall–Kier alpha value is -4.67. The van der Waals surface area contributed by atoms with Crippen LogP contribution in [-0.4, -0.2) is 35.3 Å². The van der Waals surface area contributed by atoms with Gasteiger partial charge in [-0.1, -0.05) is 54.6 Å². The van der Waals surface area contributed by atoms with Crippen LogP contribution in [0, 0.1) is 17.2 Å². The van der Waals surface area contributed by atoms with Gasteiger partial charge in [0.05, 0.1) is 17.2 Å². The van der Waals surface area contributed by atoms with E-state index in [1.54, 1.807) is 18.4 Å². The summed E-state index contributed by atoms with van der Waals surface area (Å²) in [5.74, 6) is -0.686. The fraction of sp³-hybridized carbons (Fsp3) is 0.242. The first-order chi connectivity index (χ1) is 19.4. The predicted molar refractivity (Wildman–Crippen MR) is 156 cm³/mol. The third-order valence-electron chi connectivity index (χ3n) is 7.81. The number of nitrogens with zero attached hydrogens (tertiary/aromatic N) is 2. The first kappa shape index (κ1) is 26.9. The number of nitrogens with one attached hydrogen (secondary N) is 2. The molecule has 0 saturated carbocycles. The molecule has 1 unspecified atom stereocenters. The van der Waals surface area contributed by atoms with Gasteiger partial charge in [-0.15, -0.1) is 0 Å². The lowest BCUT2D eigenvalue weighted by Crippen LogP contribution is -2.59. The van der Waals surface area contributed by atoms with Crippen LogP contribution in [0.15, 0.2) is 103 Å². The molecule has 5 rings (SSSR count). The van der Waals surface area contributed by atoms with Crippen LogP contribution >= 0.6 is 0 Å². The minimum atomic E-state index is -1.01. The number of anilines is 1. The monoisotopic (exact) mass is 531 g/mol. The number of dihydropyridines is 1. The summed E-state index contributed by atoms with van der Waals surface area (Å²) in [6.07, 6.45) is 7.40. The van der Waals surface area contributed by atoms with Crippen LogP contribution in [0.2, 0.25) is 0 Å². The van der Waals surface area contributed by atoms with Gasteiger partial charge in [0.25, 0.3) is 5.91 Å². The number of primary amides is 1. The van der Waals surface area contributed by atoms with Crippen LogP contribution in [-0.2, 0) is 22.6 Å². The fourth-order valence-corrected chi connectivity index (χ4v) is 5.56. The summed E-state index contributed by atoms with van der Waals surface area (Å²) < 4.78 is 0. The molecule has 1 fully saturated rings. The van der Waals surface area contributed by atoms with Gasteiger partial charge in [-0.3, -0.25) is 14.5 Å². The Kier molecular flexibility index (Phi) is 8.09. The fourth-order valence-electron chi connectivity index (χ4n) is 5.56. The van der Waals surface area contributed by atoms with Crippen molar-refractivity contribution in [3.8, 4) is 6.07 Å². The van der Waals surface area contributed by atoms with Crippen LogP contribution in [0.3, 0.4) is 0 Å². The Morgan fingerprint density at radius 3 is 2.35 bits per heavy atom. The van der Waals surface area contributed by atoms with E-state index < -0.39 is 11.4 Å². The average Bonchev–Trinajstić information content (AvgIpc) is 2.98. The molecule has 0 bridgehead atoms. The Labute approximate surface area is 235 Å². The first-order valence-electron chi connectivity index (χ1n) is 13.6. The Bertz CT molecular complexity index is 1460. The highest BCUT2D eigenvalue weighted by atomic mass is 16.2. The van der Waals surface area contributed by atoms with Crippen molar-refractivity contribution < 1.29 is 9.59 Å². The molecule has 2 aliphatic rings. The number of benzene rings is 3. The Balaban J connectivity index is 1.30. The van der Waals surface area contributed by atoms with E-state index in [2.05, 4.69) is 39.8 Å². The standard InChI is InChI=1S/C33H33N5O2/c34-21-25-9-11-26(12-10-25)23-38-17-14-29(15-18-38)33(16-13-28(22-36-33)31(35)39)32(40)37-30-8-4-7-27(20-30)19-24-5-2-1-3-6-24/h1-13,16,20,22,29,36H,14-15,17-19,23H2,(H2,35,39)(H,37,40). The number of hydrogen-bond donors (Lipinski definition) is 3. The van der Waals surface area contributed by atoms with E-state index in [4.69, 9.17) is 11.0 Å². The molecular weight excluding hydrogens is 498 g/mol. The molecule has 0 aliphatic carbocycles. The molecule has 2 heterocycles. The molecule has 1 atom stereocenters. The molecule has 0 radical (unpaired) electrons. The maximum atomic E-state index is 14.0. The zero-order valence-electron chi connectivity index (χ0n) is 22.3. The molecule has 7 heteroatoms. The van der Waals surface area contributed by atoms with Crippen molar-refractivity contribution in [2.45, 2.75) is 31.3 Å². The summed E-state index contributed by atoms with van der Waals surface area (Å²) in [4.78, 5) is 28.1. The van der Waals surface area contributed by atoms with E-state index in [9.17, 15) is 9.59 Å². The van der Waals surface area contributed by atoms with E-state index >= 15 is 0 Å². The molecule has 4 N–H and O–H groups in total. The number of nitriles is 1. The molecule has 0 spiro atoms. The van der Waals surface area contributed by atoms with E-state index in [0.717, 1.165) is 55.7 Å². The Morgan fingerprint density at radius 2 is 1.70 bits per heavy atom. The van der Waals surface area contributed by atoms with Crippen molar-refractivity contribution in [3.05, 3.63) is 125 Å². The van der Waals surface area contributed by atoms with Crippen LogP contribution < -0.4 is 16.4 Å². The van der Waals surface area contributed by atoms with E-state index in [1.807, 2.05) is 60.7 Å². The Morgan fingerprint density at radius 1 is 0.975 bits per heavy atom. The van der Waals surface area contributed by atoms with Crippen molar-refractivity contribution in [1.82, 2.24) is 10.2 Å². The number of piperidine rings is 1. The molecule has 2 aliphatic heterocycles. The maximum Gasteiger partial charge on any atom is 0.254 e. The number of rotatable bonds is 8. The number of carbonyl (C=O) groups excluding carboxylic acids is 2. The highest BCUT2D eigenvalue weighted by molar-refractivity contribution is 6.02. The van der Waals surface area contributed by atoms with Gasteiger partial charge in [0.1, 0.15) is 5.54 Å². The van der Waals surface area contributed by atoms with Gasteiger partial charge >= 0.3 is 0 Å². The quantitative estimate of drug-likeness (QED) is 0.402. The van der Waals surface area contributed by atoms with Gasteiger partial charge in [-0.2, -0.15) is 5.26 Å². The van der Waals surface area contributed by atoms with Crippen LogP contribution in [0.25, 0.3) is 0 Å². The highest BCUT2D eigenvalue weighted by Gasteiger charge is 2.45. The van der Waals surface area contributed by atoms with Gasteiger partial charge in [-0.05, 0) is 91.4 Å². The summed E-state index contributed by atoms with van der Waals surface area (Å²) in [7, 11) is 0. The van der Waals surface area contributed by atoms with E-state index in [1.165, 1.54) is 5.56 Å². The maximum absolute atomic E-state index is 14.0. The topological polar surface area (TPSA) is 111 Å². The molecule has 0 aromatic heterocycles. The molecule has 2 amide bonds. The van der Waals surface area contributed by atoms with Gasteiger partial charge in [0, 0.05) is 18.4 Å². The first-order valence-corrected chi connectivity index (χ1v) is 13.6. The number of carbonyl (C=O) groups is 2. The molecule has 40 heavy (non-hydrogen) atoms. The number of nitrogens with two attached hydrogens (primary N) is 1. The normalized spacial score (nSPS) is 19.2. The predicted octanol–water partition coefficient (Wildman–Crippen LogP) is 4.27. The minimum Gasteiger partial charge on any atom is -0.373 e. The van der Waals surface area contributed by atoms with Crippen LogP contribution in [0.1, 0.15) is 35.1 Å². The molecule has 3 aromatic carbocycles. The van der Waals surface area contributed by atoms with Gasteiger partial charge in [0.15, 0.2) is 0 Å². The zero-order valence-corrected chi connectivity index (χ0v) is 22.3. The molecule has 202 valence electrons. The minimum absolute atomic E-state index is 0.0131. The summed E-state index contributed by atoms with van der Waals surface area (Å²) in [5, 5.41) is 15.5. The molecule has 7 nitrogen and oxygen atoms in total. The number of amides is 2. The molecular formula is C33H33N5O2. The molecule has 1 saturated heterocycles. The third-order valence-corrected chi connectivity index (χ3v) is 7.81. The smallest absolute Gasteiger partial charge is 0.254 e. The summed E-state index contributed by atoms with van der Waals surface area (Å²) in [6.45, 7) is 2.45. The van der Waals surface area contributed by atoms with Gasteiger partial charge in [-0.25, -0.2) is 0 Å². The van der Waals surface area contributed by atoms with Crippen molar-refractivity contribution in [3.63, 3.8) is 0 Å². The van der Waals surface area contributed by atoms with Gasteiger partial charge in [0.2, 0.25) is 5.91 Å². The van der Waals surface area contributed by atoms with Crippen molar-refractivity contribution in [2.75, 3.05) is 18.4 Å². The third kappa shape index (κ3) is 6.14. The number of hydrogen-bond acceptors (Lipinski definition) is 5. The van der Waals surface area contributed by atoms with Crippen molar-refractivity contribution in [2.24, 2.45) is 11.7 Å². The van der Waals surface area contributed by atoms with E-state index in [0.29, 0.717) is 11.1 Å². The number of likely N-dealkylation sites (tertiary alicyclic amines) is 1. The van der Waals surface area contributed by atoms with Gasteiger partial charge < -0.3 is 16.4 Å². The summed E-state index contributed by atoms with van der Waals surface area (Å²) in [6, 6.07) is 28.0. The van der Waals surface area contributed by atoms with Crippen LogP contribution in [0.4, 0.5) is 5.69 Å². The average molecular weight is 532 g/mol. The second kappa shape index (κ2) is 12.0. The van der Waals surface area contributed by atoms with Crippen molar-refractivity contribution >= 4 is 17.5 Å². The summed E-state index contributed by atoms with van der Waals surface area (Å²) >= 11 is 0. The highest BCUT2D eigenvalue weighted by Crippen LogP contribution is 2.34.